The van der Waals surface area contributed by atoms with Crippen molar-refractivity contribution in [2.75, 3.05) is 0 Å². The fraction of sp³-hybridized carbons (Fsp3) is 0.429. The van der Waals surface area contributed by atoms with Crippen molar-refractivity contribution in [3.05, 3.63) is 71.8 Å². The zero-order chi connectivity index (χ0) is 21.7. The van der Waals surface area contributed by atoms with Gasteiger partial charge in [-0.25, -0.2) is 0 Å². The smallest absolute Gasteiger partial charge is 0.385 e. The van der Waals surface area contributed by atoms with Gasteiger partial charge in [-0.05, 0) is 11.1 Å². The second kappa shape index (κ2) is 9.86. The minimum absolute atomic E-state index is 0.0390. The lowest BCUT2D eigenvalue weighted by Gasteiger charge is -2.32. The van der Waals surface area contributed by atoms with Crippen molar-refractivity contribution >= 4 is 0 Å². The van der Waals surface area contributed by atoms with Crippen molar-refractivity contribution in [3.63, 3.8) is 0 Å². The summed E-state index contributed by atoms with van der Waals surface area (Å²) in [6.45, 7) is -0.279. The number of halogens is 3. The van der Waals surface area contributed by atoms with Crippen LogP contribution in [0.5, 0.6) is 0 Å². The molecule has 9 heteroatoms. The zero-order valence-electron chi connectivity index (χ0n) is 15.9. The van der Waals surface area contributed by atoms with Crippen LogP contribution in [0.2, 0.25) is 0 Å². The normalized spacial score (nSPS) is 26.5. The topological polar surface area (TPSA) is 88.4 Å². The summed E-state index contributed by atoms with van der Waals surface area (Å²) in [6.07, 6.45) is -16.1. The van der Waals surface area contributed by atoms with Gasteiger partial charge in [0.05, 0.1) is 13.2 Å². The molecule has 1 aliphatic rings. The van der Waals surface area contributed by atoms with Crippen molar-refractivity contribution in [2.45, 2.75) is 56.2 Å². The van der Waals surface area contributed by atoms with Crippen LogP contribution >= 0.6 is 0 Å². The first-order valence-corrected chi connectivity index (χ1v) is 9.35. The van der Waals surface area contributed by atoms with Crippen LogP contribution in [0.3, 0.4) is 0 Å². The molecule has 0 saturated carbocycles. The van der Waals surface area contributed by atoms with E-state index in [0.717, 1.165) is 0 Å². The number of benzene rings is 2. The molecule has 164 valence electrons. The van der Waals surface area contributed by atoms with Crippen molar-refractivity contribution in [1.29, 1.82) is 0 Å². The standard InChI is InChI=1S/C21H23F3O6/c22-21(23,24)19(26)18(29-12-14-9-5-2-6-10-14)17-16(15(25)20(27)30-17)28-11-13-7-3-1-4-8-13/h1-10,15-20,25-27H,11-12H2/t15-,16-,17+,18+,19-,20?/m1/s1. The van der Waals surface area contributed by atoms with Gasteiger partial charge in [0.15, 0.2) is 12.4 Å². The van der Waals surface area contributed by atoms with Gasteiger partial charge in [0, 0.05) is 0 Å². The number of ether oxygens (including phenoxy) is 3. The molecule has 0 bridgehead atoms. The van der Waals surface area contributed by atoms with Gasteiger partial charge in [-0.1, -0.05) is 60.7 Å². The van der Waals surface area contributed by atoms with Crippen LogP contribution in [0.4, 0.5) is 13.2 Å². The molecule has 3 rings (SSSR count). The fourth-order valence-corrected chi connectivity index (χ4v) is 3.22. The van der Waals surface area contributed by atoms with Crippen LogP contribution < -0.4 is 0 Å². The number of alkyl halides is 3. The maximum Gasteiger partial charge on any atom is 0.417 e. The molecular weight excluding hydrogens is 405 g/mol. The summed E-state index contributed by atoms with van der Waals surface area (Å²) in [6, 6.07) is 17.2. The predicted octanol–water partition coefficient (Wildman–Crippen LogP) is 2.16. The van der Waals surface area contributed by atoms with Crippen LogP contribution in [0.25, 0.3) is 0 Å². The molecule has 2 aromatic rings. The summed E-state index contributed by atoms with van der Waals surface area (Å²) < 4.78 is 56.0. The second-order valence-electron chi connectivity index (χ2n) is 6.99. The average Bonchev–Trinajstić information content (AvgIpc) is 3.01. The Kier molecular flexibility index (Phi) is 7.45. The molecule has 1 unspecified atom stereocenters. The minimum atomic E-state index is -5.01. The summed E-state index contributed by atoms with van der Waals surface area (Å²) in [5.41, 5.74) is 1.29. The van der Waals surface area contributed by atoms with Crippen molar-refractivity contribution in [1.82, 2.24) is 0 Å². The summed E-state index contributed by atoms with van der Waals surface area (Å²) in [7, 11) is 0. The molecule has 0 spiro atoms. The van der Waals surface area contributed by atoms with E-state index in [9.17, 15) is 28.5 Å². The van der Waals surface area contributed by atoms with E-state index < -0.39 is 43.0 Å². The molecule has 0 amide bonds. The van der Waals surface area contributed by atoms with E-state index in [4.69, 9.17) is 14.2 Å². The van der Waals surface area contributed by atoms with Crippen LogP contribution in [0.15, 0.2) is 60.7 Å². The van der Waals surface area contributed by atoms with E-state index in [0.29, 0.717) is 11.1 Å². The Morgan fingerprint density at radius 2 is 1.43 bits per heavy atom. The van der Waals surface area contributed by atoms with Crippen molar-refractivity contribution in [3.8, 4) is 0 Å². The number of hydrogen-bond donors (Lipinski definition) is 3. The molecule has 30 heavy (non-hydrogen) atoms. The van der Waals surface area contributed by atoms with Gasteiger partial charge in [0.25, 0.3) is 0 Å². The van der Waals surface area contributed by atoms with Gasteiger partial charge >= 0.3 is 6.18 Å². The van der Waals surface area contributed by atoms with Crippen molar-refractivity contribution < 1.29 is 42.7 Å². The highest BCUT2D eigenvalue weighted by Crippen LogP contribution is 2.34. The number of aliphatic hydroxyl groups is 3. The summed E-state index contributed by atoms with van der Waals surface area (Å²) >= 11 is 0. The molecule has 1 fully saturated rings. The van der Waals surface area contributed by atoms with Crippen LogP contribution in [-0.4, -0.2) is 58.3 Å². The molecule has 6 nitrogen and oxygen atoms in total. The van der Waals surface area contributed by atoms with E-state index in [1.165, 1.54) is 0 Å². The van der Waals surface area contributed by atoms with E-state index in [1.807, 2.05) is 0 Å². The molecule has 3 N–H and O–H groups in total. The van der Waals surface area contributed by atoms with Gasteiger partial charge in [-0.2, -0.15) is 13.2 Å². The summed E-state index contributed by atoms with van der Waals surface area (Å²) in [4.78, 5) is 0. The lowest BCUT2D eigenvalue weighted by atomic mass is 10.0. The van der Waals surface area contributed by atoms with Gasteiger partial charge in [0.1, 0.15) is 24.4 Å². The average molecular weight is 428 g/mol. The zero-order valence-corrected chi connectivity index (χ0v) is 15.9. The first-order chi connectivity index (χ1) is 14.3. The molecule has 0 aromatic heterocycles. The number of aliphatic hydroxyl groups excluding tert-OH is 3. The first-order valence-electron chi connectivity index (χ1n) is 9.35. The fourth-order valence-electron chi connectivity index (χ4n) is 3.22. The van der Waals surface area contributed by atoms with E-state index >= 15 is 0 Å². The van der Waals surface area contributed by atoms with Gasteiger partial charge < -0.3 is 29.5 Å². The lowest BCUT2D eigenvalue weighted by molar-refractivity contribution is -0.264. The Morgan fingerprint density at radius 3 is 1.97 bits per heavy atom. The predicted molar refractivity (Wildman–Crippen MR) is 99.0 cm³/mol. The molecule has 1 saturated heterocycles. The maximum absolute atomic E-state index is 13.3. The second-order valence-corrected chi connectivity index (χ2v) is 6.99. The Hall–Kier alpha value is -2.01. The number of rotatable bonds is 8. The maximum atomic E-state index is 13.3. The highest BCUT2D eigenvalue weighted by Gasteiger charge is 2.55. The Balaban J connectivity index is 1.79. The van der Waals surface area contributed by atoms with Gasteiger partial charge in [0.2, 0.25) is 0 Å². The van der Waals surface area contributed by atoms with E-state index in [1.54, 1.807) is 60.7 Å². The highest BCUT2D eigenvalue weighted by atomic mass is 19.4. The van der Waals surface area contributed by atoms with E-state index in [-0.39, 0.29) is 13.2 Å². The molecule has 0 aliphatic carbocycles. The van der Waals surface area contributed by atoms with Crippen LogP contribution in [0, 0.1) is 0 Å². The Morgan fingerprint density at radius 1 is 0.900 bits per heavy atom. The highest BCUT2D eigenvalue weighted by molar-refractivity contribution is 5.14. The largest absolute Gasteiger partial charge is 0.417 e. The van der Waals surface area contributed by atoms with Crippen LogP contribution in [-0.2, 0) is 27.4 Å². The molecule has 1 heterocycles. The lowest BCUT2D eigenvalue weighted by Crippen LogP contribution is -2.52. The SMILES string of the molecule is OC1O[C@H]([C@H](OCc2ccccc2)[C@@H](O)C(F)(F)F)[C@H](OCc2ccccc2)[C@H]1O. The summed E-state index contributed by atoms with van der Waals surface area (Å²) in [5, 5.41) is 30.0. The third-order valence-corrected chi connectivity index (χ3v) is 4.79. The first kappa shape index (κ1) is 22.7. The third-order valence-electron chi connectivity index (χ3n) is 4.79. The molecule has 2 aromatic carbocycles. The summed E-state index contributed by atoms with van der Waals surface area (Å²) in [5.74, 6) is 0. The van der Waals surface area contributed by atoms with E-state index in [2.05, 4.69) is 0 Å². The Labute approximate surface area is 171 Å². The molecular formula is C21H23F3O6. The van der Waals surface area contributed by atoms with Gasteiger partial charge in [-0.15, -0.1) is 0 Å². The third kappa shape index (κ3) is 5.57. The van der Waals surface area contributed by atoms with Crippen molar-refractivity contribution in [2.24, 2.45) is 0 Å². The number of hydrogen-bond acceptors (Lipinski definition) is 6. The quantitative estimate of drug-likeness (QED) is 0.597. The minimum Gasteiger partial charge on any atom is -0.385 e. The molecule has 0 radical (unpaired) electrons. The van der Waals surface area contributed by atoms with Gasteiger partial charge in [-0.3, -0.25) is 0 Å². The molecule has 1 aliphatic heterocycles. The van der Waals surface area contributed by atoms with Crippen LogP contribution in [0.1, 0.15) is 11.1 Å². The Bertz CT molecular complexity index is 773. The molecule has 6 atom stereocenters. The monoisotopic (exact) mass is 428 g/mol.